The number of ether oxygens (including phenoxy) is 2. The lowest BCUT2D eigenvalue weighted by Crippen LogP contribution is -2.27. The molecule has 0 N–H and O–H groups in total. The van der Waals surface area contributed by atoms with E-state index in [1.54, 1.807) is 19.1 Å². The second-order valence-corrected chi connectivity index (χ2v) is 7.52. The molecule has 0 saturated carbocycles. The molecule has 1 amide bonds. The molecule has 30 heavy (non-hydrogen) atoms. The van der Waals surface area contributed by atoms with Crippen molar-refractivity contribution in [2.24, 2.45) is 0 Å². The number of pyridine rings is 1. The van der Waals surface area contributed by atoms with Crippen molar-refractivity contribution in [2.75, 3.05) is 26.0 Å². The van der Waals surface area contributed by atoms with Gasteiger partial charge in [0.25, 0.3) is 0 Å². The molecule has 2 heterocycles. The van der Waals surface area contributed by atoms with Crippen molar-refractivity contribution in [3.05, 3.63) is 64.8 Å². The van der Waals surface area contributed by atoms with Gasteiger partial charge in [0.1, 0.15) is 0 Å². The van der Waals surface area contributed by atoms with Crippen LogP contribution in [0, 0.1) is 6.92 Å². The third-order valence-electron chi connectivity index (χ3n) is 4.49. The molecule has 1 aliphatic heterocycles. The van der Waals surface area contributed by atoms with Crippen molar-refractivity contribution in [2.45, 2.75) is 13.3 Å². The van der Waals surface area contributed by atoms with E-state index in [0.717, 1.165) is 11.3 Å². The number of hydrogen-bond donors (Lipinski definition) is 0. The number of nitrogens with zero attached hydrogens (tertiary/aromatic N) is 2. The molecule has 0 spiro atoms. The number of hydrogen-bond acceptors (Lipinski definition) is 7. The minimum Gasteiger partial charge on any atom is -0.466 e. The summed E-state index contributed by atoms with van der Waals surface area (Å²) in [6.07, 6.45) is 1.75. The first-order chi connectivity index (χ1) is 14.5. The van der Waals surface area contributed by atoms with Crippen molar-refractivity contribution in [3.63, 3.8) is 0 Å². The van der Waals surface area contributed by atoms with Gasteiger partial charge in [-0.15, -0.1) is 0 Å². The van der Waals surface area contributed by atoms with Crippen LogP contribution in [0.5, 0.6) is 0 Å². The van der Waals surface area contributed by atoms with Gasteiger partial charge in [-0.05, 0) is 25.5 Å². The Kier molecular flexibility index (Phi) is 7.24. The zero-order valence-corrected chi connectivity index (χ0v) is 17.6. The van der Waals surface area contributed by atoms with Gasteiger partial charge >= 0.3 is 11.9 Å². The van der Waals surface area contributed by atoms with Gasteiger partial charge in [-0.2, -0.15) is 0 Å². The fourth-order valence-electron chi connectivity index (χ4n) is 2.94. The molecule has 156 valence electrons. The topological polar surface area (TPSA) is 85.8 Å². The summed E-state index contributed by atoms with van der Waals surface area (Å²) in [6, 6.07) is 13.2. The van der Waals surface area contributed by atoms with Gasteiger partial charge in [-0.25, -0.2) is 9.59 Å². The number of aryl methyl sites for hydroxylation is 1. The minimum atomic E-state index is -0.509. The molecule has 1 fully saturated rings. The first-order valence-electron chi connectivity index (χ1n) is 9.42. The molecule has 1 aromatic heterocycles. The summed E-state index contributed by atoms with van der Waals surface area (Å²) < 4.78 is 9.96. The molecule has 3 rings (SSSR count). The largest absolute Gasteiger partial charge is 0.466 e. The number of amides is 1. The summed E-state index contributed by atoms with van der Waals surface area (Å²) in [5.41, 5.74) is 2.77. The molecule has 0 atom stereocenters. The van der Waals surface area contributed by atoms with Crippen molar-refractivity contribution in [3.8, 4) is 11.3 Å². The van der Waals surface area contributed by atoms with Crippen molar-refractivity contribution >= 4 is 29.6 Å². The van der Waals surface area contributed by atoms with E-state index in [4.69, 9.17) is 4.74 Å². The van der Waals surface area contributed by atoms with E-state index in [1.807, 2.05) is 30.3 Å². The number of aromatic nitrogens is 1. The van der Waals surface area contributed by atoms with Crippen molar-refractivity contribution in [1.82, 2.24) is 9.88 Å². The Bertz CT molecular complexity index is 975. The lowest BCUT2D eigenvalue weighted by molar-refractivity contribution is -0.134. The number of rotatable bonds is 7. The number of carbonyl (C=O) groups is 3. The molecule has 7 nitrogen and oxygen atoms in total. The van der Waals surface area contributed by atoms with Crippen LogP contribution >= 0.6 is 11.8 Å². The standard InChI is InChI=1S/C22H22N2O5S/c1-15-17(9-10-18(23-15)16-7-4-3-5-8-16)22(27)29-12-6-11-24-19(25)14-30-20(24)13-21(26)28-2/h3-5,7-10,13H,6,11-12,14H2,1-2H3/b20-13+. The summed E-state index contributed by atoms with van der Waals surface area (Å²) in [6.45, 7) is 2.28. The highest BCUT2D eigenvalue weighted by atomic mass is 32.2. The summed E-state index contributed by atoms with van der Waals surface area (Å²) in [5, 5.41) is 0.551. The number of methoxy groups -OCH3 is 1. The lowest BCUT2D eigenvalue weighted by atomic mass is 10.1. The third-order valence-corrected chi connectivity index (χ3v) is 5.51. The van der Waals surface area contributed by atoms with Crippen LogP contribution in [0.1, 0.15) is 22.5 Å². The van der Waals surface area contributed by atoms with Crippen LogP contribution in [-0.2, 0) is 19.1 Å². The molecule has 0 unspecified atom stereocenters. The monoisotopic (exact) mass is 426 g/mol. The summed E-state index contributed by atoms with van der Waals surface area (Å²) >= 11 is 1.29. The second-order valence-electron chi connectivity index (χ2n) is 6.52. The number of carbonyl (C=O) groups excluding carboxylic acids is 3. The van der Waals surface area contributed by atoms with E-state index in [9.17, 15) is 14.4 Å². The van der Waals surface area contributed by atoms with Gasteiger partial charge in [0.15, 0.2) is 0 Å². The normalized spacial score (nSPS) is 14.8. The van der Waals surface area contributed by atoms with E-state index >= 15 is 0 Å². The zero-order valence-electron chi connectivity index (χ0n) is 16.8. The lowest BCUT2D eigenvalue weighted by Gasteiger charge is -2.16. The molecule has 8 heteroatoms. The van der Waals surface area contributed by atoms with E-state index in [1.165, 1.54) is 29.8 Å². The molecular weight excluding hydrogens is 404 g/mol. The average molecular weight is 426 g/mol. The smallest absolute Gasteiger partial charge is 0.339 e. The quantitative estimate of drug-likeness (QED) is 0.382. The third kappa shape index (κ3) is 5.27. The zero-order chi connectivity index (χ0) is 21.5. The molecule has 0 aliphatic carbocycles. The van der Waals surface area contributed by atoms with Crippen LogP contribution in [0.2, 0.25) is 0 Å². The van der Waals surface area contributed by atoms with Gasteiger partial charge in [0, 0.05) is 12.1 Å². The Morgan fingerprint density at radius 3 is 2.67 bits per heavy atom. The number of thioether (sulfide) groups is 1. The molecular formula is C22H22N2O5S. The summed E-state index contributed by atoms with van der Waals surface area (Å²) in [5.74, 6) is -0.767. The van der Waals surface area contributed by atoms with Gasteiger partial charge < -0.3 is 14.4 Å². The Labute approximate surface area is 179 Å². The Morgan fingerprint density at radius 2 is 1.97 bits per heavy atom. The van der Waals surface area contributed by atoms with Crippen LogP contribution in [0.4, 0.5) is 0 Å². The van der Waals surface area contributed by atoms with Crippen molar-refractivity contribution < 1.29 is 23.9 Å². The molecule has 0 radical (unpaired) electrons. The maximum Gasteiger partial charge on any atom is 0.339 e. The minimum absolute atomic E-state index is 0.0852. The van der Waals surface area contributed by atoms with E-state index in [-0.39, 0.29) is 18.3 Å². The highest BCUT2D eigenvalue weighted by molar-refractivity contribution is 8.04. The molecule has 2 aromatic rings. The van der Waals surface area contributed by atoms with Gasteiger partial charge in [-0.3, -0.25) is 9.78 Å². The average Bonchev–Trinajstić information content (AvgIpc) is 3.10. The van der Waals surface area contributed by atoms with Crippen molar-refractivity contribution in [1.29, 1.82) is 0 Å². The number of esters is 2. The van der Waals surface area contributed by atoms with Gasteiger partial charge in [-0.1, -0.05) is 42.1 Å². The number of benzene rings is 1. The van der Waals surface area contributed by atoms with E-state index in [0.29, 0.717) is 29.3 Å². The van der Waals surface area contributed by atoms with Crippen LogP contribution < -0.4 is 0 Å². The van der Waals surface area contributed by atoms with E-state index in [2.05, 4.69) is 9.72 Å². The molecule has 0 bridgehead atoms. The molecule has 1 aliphatic rings. The van der Waals surface area contributed by atoms with E-state index < -0.39 is 11.9 Å². The maximum atomic E-state index is 12.4. The van der Waals surface area contributed by atoms with Gasteiger partial charge in [0.2, 0.25) is 5.91 Å². The SMILES string of the molecule is COC(=O)/C=C1/SCC(=O)N1CCCOC(=O)c1ccc(-c2ccccc2)nc1C. The van der Waals surface area contributed by atoms with Crippen LogP contribution in [0.25, 0.3) is 11.3 Å². The Hall–Kier alpha value is -3.13. The fourth-order valence-corrected chi connectivity index (χ4v) is 3.90. The van der Waals surface area contributed by atoms with Crippen LogP contribution in [0.3, 0.4) is 0 Å². The Morgan fingerprint density at radius 1 is 1.20 bits per heavy atom. The summed E-state index contributed by atoms with van der Waals surface area (Å²) in [7, 11) is 1.29. The predicted octanol–water partition coefficient (Wildman–Crippen LogP) is 3.19. The van der Waals surface area contributed by atoms with Gasteiger partial charge in [0.05, 0.1) is 47.5 Å². The highest BCUT2D eigenvalue weighted by Gasteiger charge is 2.27. The molecule has 1 aromatic carbocycles. The first kappa shape index (κ1) is 21.6. The highest BCUT2D eigenvalue weighted by Crippen LogP contribution is 2.28. The van der Waals surface area contributed by atoms with Crippen LogP contribution in [-0.4, -0.2) is 53.7 Å². The Balaban J connectivity index is 1.54. The predicted molar refractivity (Wildman–Crippen MR) is 114 cm³/mol. The molecule has 1 saturated heterocycles. The second kappa shape index (κ2) is 10.1. The summed E-state index contributed by atoms with van der Waals surface area (Å²) in [4.78, 5) is 41.8. The fraction of sp³-hybridized carbons (Fsp3) is 0.273. The first-order valence-corrected chi connectivity index (χ1v) is 10.4. The van der Waals surface area contributed by atoms with Crippen LogP contribution in [0.15, 0.2) is 53.6 Å². The maximum absolute atomic E-state index is 12.4.